The highest BCUT2D eigenvalue weighted by molar-refractivity contribution is 5.79. The fourth-order valence-electron chi connectivity index (χ4n) is 3.84. The second-order valence-corrected chi connectivity index (χ2v) is 7.92. The van der Waals surface area contributed by atoms with Gasteiger partial charge >= 0.3 is 6.18 Å². The maximum Gasteiger partial charge on any atom is 0.453 e. The van der Waals surface area contributed by atoms with Crippen LogP contribution in [0.15, 0.2) is 36.4 Å². The molecule has 2 aromatic heterocycles. The van der Waals surface area contributed by atoms with Gasteiger partial charge in [0.05, 0.1) is 0 Å². The summed E-state index contributed by atoms with van der Waals surface area (Å²) in [5, 5.41) is 10.8. The molecule has 31 heavy (non-hydrogen) atoms. The van der Waals surface area contributed by atoms with Crippen molar-refractivity contribution in [2.24, 2.45) is 5.92 Å². The number of piperidine rings is 1. The third-order valence-corrected chi connectivity index (χ3v) is 5.59. The summed E-state index contributed by atoms with van der Waals surface area (Å²) in [6.45, 7) is 3.64. The Bertz CT molecular complexity index is 1070. The van der Waals surface area contributed by atoms with Crippen molar-refractivity contribution in [3.05, 3.63) is 53.3 Å². The summed E-state index contributed by atoms with van der Waals surface area (Å²) < 4.78 is 40.0. The predicted octanol–water partition coefficient (Wildman–Crippen LogP) is 3.33. The molecule has 10 heteroatoms. The van der Waals surface area contributed by atoms with Gasteiger partial charge in [0.1, 0.15) is 5.82 Å². The lowest BCUT2D eigenvalue weighted by Crippen LogP contribution is -2.41. The van der Waals surface area contributed by atoms with E-state index in [-0.39, 0.29) is 17.5 Å². The molecule has 1 aliphatic rings. The van der Waals surface area contributed by atoms with Crippen LogP contribution in [0, 0.1) is 12.8 Å². The molecule has 3 aromatic rings. The number of alkyl halides is 3. The summed E-state index contributed by atoms with van der Waals surface area (Å²) in [6.07, 6.45) is -3.40. The number of hydrogen-bond donors (Lipinski definition) is 0. The quantitative estimate of drug-likeness (QED) is 0.633. The van der Waals surface area contributed by atoms with Gasteiger partial charge in [0.15, 0.2) is 5.65 Å². The normalized spacial score (nSPS) is 15.5. The van der Waals surface area contributed by atoms with Gasteiger partial charge in [0.2, 0.25) is 5.91 Å². The van der Waals surface area contributed by atoms with Crippen LogP contribution >= 0.6 is 0 Å². The van der Waals surface area contributed by atoms with Crippen LogP contribution in [0.3, 0.4) is 0 Å². The van der Waals surface area contributed by atoms with E-state index in [1.165, 1.54) is 11.6 Å². The molecule has 0 aliphatic carbocycles. The Labute approximate surface area is 177 Å². The number of aryl methyl sites for hydroxylation is 1. The molecule has 1 amide bonds. The van der Waals surface area contributed by atoms with Crippen LogP contribution in [0.5, 0.6) is 0 Å². The van der Waals surface area contributed by atoms with Crippen LogP contribution in [0.2, 0.25) is 0 Å². The number of hydrogen-bond acceptors (Lipinski definition) is 5. The number of anilines is 1. The van der Waals surface area contributed by atoms with E-state index in [1.807, 2.05) is 36.1 Å². The Morgan fingerprint density at radius 2 is 1.77 bits per heavy atom. The van der Waals surface area contributed by atoms with Crippen LogP contribution in [-0.4, -0.2) is 50.8 Å². The van der Waals surface area contributed by atoms with E-state index in [0.717, 1.165) is 10.1 Å². The van der Waals surface area contributed by atoms with E-state index >= 15 is 0 Å². The molecule has 0 spiro atoms. The molecule has 0 N–H and O–H groups in total. The van der Waals surface area contributed by atoms with Gasteiger partial charge in [-0.25, -0.2) is 0 Å². The van der Waals surface area contributed by atoms with Crippen LogP contribution in [0.25, 0.3) is 5.65 Å². The monoisotopic (exact) mass is 432 g/mol. The van der Waals surface area contributed by atoms with Crippen LogP contribution in [0.1, 0.15) is 29.8 Å². The number of nitrogens with zero attached hydrogens (tertiary/aromatic N) is 6. The zero-order valence-corrected chi connectivity index (χ0v) is 17.3. The van der Waals surface area contributed by atoms with Crippen LogP contribution in [0.4, 0.5) is 19.0 Å². The molecular weight excluding hydrogens is 409 g/mol. The van der Waals surface area contributed by atoms with Gasteiger partial charge in [-0.3, -0.25) is 4.79 Å². The van der Waals surface area contributed by atoms with Crippen molar-refractivity contribution in [1.29, 1.82) is 0 Å². The number of halogens is 3. The molecule has 164 valence electrons. The van der Waals surface area contributed by atoms with E-state index in [4.69, 9.17) is 0 Å². The fraction of sp³-hybridized carbons (Fsp3) is 0.429. The molecule has 1 saturated heterocycles. The minimum absolute atomic E-state index is 0.0406. The van der Waals surface area contributed by atoms with E-state index in [1.54, 1.807) is 18.0 Å². The Hall–Kier alpha value is -3.17. The number of fused-ring (bicyclic) bond motifs is 1. The summed E-state index contributed by atoms with van der Waals surface area (Å²) in [6, 6.07) is 11.2. The average molecular weight is 432 g/mol. The first-order valence-corrected chi connectivity index (χ1v) is 10.1. The highest BCUT2D eigenvalue weighted by Gasteiger charge is 2.38. The van der Waals surface area contributed by atoms with Gasteiger partial charge in [-0.1, -0.05) is 29.8 Å². The van der Waals surface area contributed by atoms with E-state index in [2.05, 4.69) is 15.3 Å². The molecule has 1 aliphatic heterocycles. The lowest BCUT2D eigenvalue weighted by molar-refractivity contribution is -0.146. The molecule has 3 heterocycles. The van der Waals surface area contributed by atoms with Gasteiger partial charge in [-0.15, -0.1) is 15.3 Å². The smallest absolute Gasteiger partial charge is 0.355 e. The van der Waals surface area contributed by atoms with Crippen molar-refractivity contribution in [1.82, 2.24) is 24.7 Å². The minimum atomic E-state index is -4.63. The summed E-state index contributed by atoms with van der Waals surface area (Å²) in [5.74, 6) is -0.762. The third kappa shape index (κ3) is 4.47. The summed E-state index contributed by atoms with van der Waals surface area (Å²) in [7, 11) is 1.80. The lowest BCUT2D eigenvalue weighted by atomic mass is 9.95. The SMILES string of the molecule is Cc1ccc(CN(C)C(=O)C2CCN(c3ccc4nnc(C(F)(F)F)n4n3)CC2)cc1. The topological polar surface area (TPSA) is 66.6 Å². The maximum atomic E-state index is 13.1. The molecule has 4 rings (SSSR count). The van der Waals surface area contributed by atoms with Crippen molar-refractivity contribution in [2.75, 3.05) is 25.0 Å². The molecule has 0 saturated carbocycles. The standard InChI is InChI=1S/C21H23F3N6O/c1-14-3-5-15(6-4-14)13-28(2)19(31)16-9-11-29(12-10-16)18-8-7-17-25-26-20(21(22,23)24)30(17)27-18/h3-8,16H,9-13H2,1-2H3. The van der Waals surface area contributed by atoms with Crippen molar-refractivity contribution in [2.45, 2.75) is 32.5 Å². The van der Waals surface area contributed by atoms with Crippen molar-refractivity contribution < 1.29 is 18.0 Å². The van der Waals surface area contributed by atoms with Gasteiger partial charge in [0, 0.05) is 32.6 Å². The number of benzene rings is 1. The zero-order chi connectivity index (χ0) is 22.2. The number of carbonyl (C=O) groups is 1. The summed E-state index contributed by atoms with van der Waals surface area (Å²) in [5.41, 5.74) is 2.29. The highest BCUT2D eigenvalue weighted by atomic mass is 19.4. The number of rotatable bonds is 4. The molecule has 0 radical (unpaired) electrons. The molecular formula is C21H23F3N6O. The van der Waals surface area contributed by atoms with Crippen molar-refractivity contribution in [3.8, 4) is 0 Å². The Morgan fingerprint density at radius 1 is 1.10 bits per heavy atom. The molecule has 0 unspecified atom stereocenters. The molecule has 0 bridgehead atoms. The number of carbonyl (C=O) groups excluding carboxylic acids is 1. The molecule has 1 aromatic carbocycles. The summed E-state index contributed by atoms with van der Waals surface area (Å²) >= 11 is 0. The van der Waals surface area contributed by atoms with Gasteiger partial charge < -0.3 is 9.80 Å². The third-order valence-electron chi connectivity index (χ3n) is 5.59. The van der Waals surface area contributed by atoms with E-state index < -0.39 is 12.0 Å². The number of aromatic nitrogens is 4. The Morgan fingerprint density at radius 3 is 2.42 bits per heavy atom. The fourth-order valence-corrected chi connectivity index (χ4v) is 3.84. The summed E-state index contributed by atoms with van der Waals surface area (Å²) in [4.78, 5) is 16.5. The first-order chi connectivity index (χ1) is 14.7. The van der Waals surface area contributed by atoms with Crippen molar-refractivity contribution in [3.63, 3.8) is 0 Å². The minimum Gasteiger partial charge on any atom is -0.355 e. The predicted molar refractivity (Wildman–Crippen MR) is 108 cm³/mol. The molecule has 0 atom stereocenters. The van der Waals surface area contributed by atoms with Gasteiger partial charge in [0.25, 0.3) is 5.82 Å². The molecule has 1 fully saturated rings. The highest BCUT2D eigenvalue weighted by Crippen LogP contribution is 2.29. The van der Waals surface area contributed by atoms with Gasteiger partial charge in [-0.2, -0.15) is 17.7 Å². The van der Waals surface area contributed by atoms with E-state index in [9.17, 15) is 18.0 Å². The second-order valence-electron chi connectivity index (χ2n) is 7.92. The van der Waals surface area contributed by atoms with E-state index in [0.29, 0.717) is 38.3 Å². The lowest BCUT2D eigenvalue weighted by Gasteiger charge is -2.33. The second kappa shape index (κ2) is 8.16. The molecule has 7 nitrogen and oxygen atoms in total. The zero-order valence-electron chi connectivity index (χ0n) is 17.3. The Balaban J connectivity index is 1.40. The Kier molecular flexibility index (Phi) is 5.55. The van der Waals surface area contributed by atoms with Crippen LogP contribution < -0.4 is 4.90 Å². The van der Waals surface area contributed by atoms with Crippen LogP contribution in [-0.2, 0) is 17.5 Å². The largest absolute Gasteiger partial charge is 0.453 e. The first-order valence-electron chi connectivity index (χ1n) is 10.1. The number of amides is 1. The first kappa shape index (κ1) is 21.1. The maximum absolute atomic E-state index is 13.1. The van der Waals surface area contributed by atoms with Gasteiger partial charge in [-0.05, 0) is 37.5 Å². The van der Waals surface area contributed by atoms with Crippen molar-refractivity contribution >= 4 is 17.4 Å². The average Bonchev–Trinajstić information content (AvgIpc) is 3.19.